The molecular weight excluding hydrogens is 196 g/mol. The highest BCUT2D eigenvalue weighted by atomic mass is 16.6. The summed E-state index contributed by atoms with van der Waals surface area (Å²) >= 11 is 0. The van der Waals surface area contributed by atoms with Crippen LogP contribution in [-0.4, -0.2) is 15.0 Å². The summed E-state index contributed by atoms with van der Waals surface area (Å²) in [6.45, 7) is -0.224. The zero-order chi connectivity index (χ0) is 10.8. The molecule has 0 aliphatic heterocycles. The zero-order valence-corrected chi connectivity index (χ0v) is 7.75. The van der Waals surface area contributed by atoms with E-state index in [1.807, 2.05) is 0 Å². The summed E-state index contributed by atoms with van der Waals surface area (Å²) in [6, 6.07) is 6.30. The number of non-ortho nitro benzene ring substituents is 1. The molecule has 1 heterocycles. The van der Waals surface area contributed by atoms with Crippen LogP contribution >= 0.6 is 0 Å². The molecule has 76 valence electrons. The molecule has 0 radical (unpaired) electrons. The molecule has 2 aromatic rings. The SMILES string of the molecule is O=[N+]([O-])c1cccc2c(CO)nccc12. The molecule has 0 amide bonds. The molecule has 0 aliphatic rings. The number of aromatic nitrogens is 1. The standard InChI is InChI=1S/C10H8N2O3/c13-6-9-7-2-1-3-10(12(14)15)8(7)4-5-11-9/h1-5,13H,6H2. The van der Waals surface area contributed by atoms with E-state index in [-0.39, 0.29) is 12.3 Å². The van der Waals surface area contributed by atoms with Crippen LogP contribution in [-0.2, 0) is 6.61 Å². The van der Waals surface area contributed by atoms with Gasteiger partial charge in [0.2, 0.25) is 0 Å². The lowest BCUT2D eigenvalue weighted by Gasteiger charge is -2.02. The van der Waals surface area contributed by atoms with Crippen LogP contribution in [0.1, 0.15) is 5.69 Å². The van der Waals surface area contributed by atoms with Gasteiger partial charge in [-0.15, -0.1) is 0 Å². The maximum atomic E-state index is 10.7. The van der Waals surface area contributed by atoms with E-state index in [0.29, 0.717) is 16.5 Å². The molecule has 0 spiro atoms. The molecule has 0 bridgehead atoms. The highest BCUT2D eigenvalue weighted by Crippen LogP contribution is 2.26. The minimum Gasteiger partial charge on any atom is -0.390 e. The summed E-state index contributed by atoms with van der Waals surface area (Å²) < 4.78 is 0. The number of nitrogens with zero attached hydrogens (tertiary/aromatic N) is 2. The van der Waals surface area contributed by atoms with Gasteiger partial charge in [0, 0.05) is 17.6 Å². The van der Waals surface area contributed by atoms with Crippen molar-refractivity contribution in [1.29, 1.82) is 0 Å². The van der Waals surface area contributed by atoms with Gasteiger partial charge in [0.15, 0.2) is 0 Å². The Hall–Kier alpha value is -2.01. The lowest BCUT2D eigenvalue weighted by atomic mass is 10.1. The van der Waals surface area contributed by atoms with Gasteiger partial charge in [-0.2, -0.15) is 0 Å². The summed E-state index contributed by atoms with van der Waals surface area (Å²) in [4.78, 5) is 14.2. The Morgan fingerprint density at radius 3 is 2.80 bits per heavy atom. The minimum absolute atomic E-state index is 0.0320. The number of rotatable bonds is 2. The van der Waals surface area contributed by atoms with Gasteiger partial charge in [-0.3, -0.25) is 15.1 Å². The maximum absolute atomic E-state index is 10.7. The second-order valence-corrected chi connectivity index (χ2v) is 3.05. The van der Waals surface area contributed by atoms with Crippen LogP contribution in [0, 0.1) is 10.1 Å². The van der Waals surface area contributed by atoms with Gasteiger partial charge in [0.25, 0.3) is 5.69 Å². The summed E-state index contributed by atoms with van der Waals surface area (Å²) in [5, 5.41) is 20.9. The van der Waals surface area contributed by atoms with Crippen molar-refractivity contribution in [1.82, 2.24) is 4.98 Å². The van der Waals surface area contributed by atoms with Gasteiger partial charge in [0.1, 0.15) is 0 Å². The third-order valence-corrected chi connectivity index (χ3v) is 2.21. The Morgan fingerprint density at radius 1 is 1.33 bits per heavy atom. The van der Waals surface area contributed by atoms with Crippen molar-refractivity contribution in [2.75, 3.05) is 0 Å². The van der Waals surface area contributed by atoms with Gasteiger partial charge in [-0.1, -0.05) is 12.1 Å². The molecule has 2 rings (SSSR count). The van der Waals surface area contributed by atoms with Gasteiger partial charge < -0.3 is 5.11 Å². The number of fused-ring (bicyclic) bond motifs is 1. The number of hydrogen-bond donors (Lipinski definition) is 1. The quantitative estimate of drug-likeness (QED) is 0.595. The summed E-state index contributed by atoms with van der Waals surface area (Å²) in [5.41, 5.74) is 0.487. The van der Waals surface area contributed by atoms with Gasteiger partial charge >= 0.3 is 0 Å². The maximum Gasteiger partial charge on any atom is 0.277 e. The number of aliphatic hydroxyl groups excluding tert-OH is 1. The van der Waals surface area contributed by atoms with E-state index < -0.39 is 4.92 Å². The van der Waals surface area contributed by atoms with Crippen LogP contribution in [0.5, 0.6) is 0 Å². The number of hydrogen-bond acceptors (Lipinski definition) is 4. The molecule has 0 fully saturated rings. The molecule has 5 nitrogen and oxygen atoms in total. The van der Waals surface area contributed by atoms with Gasteiger partial charge in [-0.05, 0) is 6.07 Å². The fourth-order valence-corrected chi connectivity index (χ4v) is 1.54. The van der Waals surface area contributed by atoms with Crippen molar-refractivity contribution in [2.45, 2.75) is 6.61 Å². The van der Waals surface area contributed by atoms with Crippen LogP contribution in [0.3, 0.4) is 0 Å². The first-order valence-electron chi connectivity index (χ1n) is 4.36. The Morgan fingerprint density at radius 2 is 2.13 bits per heavy atom. The second-order valence-electron chi connectivity index (χ2n) is 3.05. The van der Waals surface area contributed by atoms with Crippen LogP contribution in [0.4, 0.5) is 5.69 Å². The molecule has 1 aromatic heterocycles. The summed E-state index contributed by atoms with van der Waals surface area (Å²) in [6.07, 6.45) is 1.46. The molecular formula is C10H8N2O3. The highest BCUT2D eigenvalue weighted by Gasteiger charge is 2.12. The molecule has 15 heavy (non-hydrogen) atoms. The smallest absolute Gasteiger partial charge is 0.277 e. The molecule has 0 saturated heterocycles. The summed E-state index contributed by atoms with van der Waals surface area (Å²) in [7, 11) is 0. The topological polar surface area (TPSA) is 76.3 Å². The third kappa shape index (κ3) is 1.53. The van der Waals surface area contributed by atoms with Crippen molar-refractivity contribution < 1.29 is 10.0 Å². The number of nitro groups is 1. The number of pyridine rings is 1. The van der Waals surface area contributed by atoms with Crippen molar-refractivity contribution in [3.8, 4) is 0 Å². The number of nitro benzene ring substituents is 1. The first-order chi connectivity index (χ1) is 7.24. The van der Waals surface area contributed by atoms with E-state index >= 15 is 0 Å². The fraction of sp³-hybridized carbons (Fsp3) is 0.100. The van der Waals surface area contributed by atoms with Crippen LogP contribution in [0.25, 0.3) is 10.8 Å². The summed E-state index contributed by atoms with van der Waals surface area (Å²) in [5.74, 6) is 0. The van der Waals surface area contributed by atoms with E-state index in [2.05, 4.69) is 4.98 Å². The molecule has 0 saturated carbocycles. The van der Waals surface area contributed by atoms with E-state index in [4.69, 9.17) is 5.11 Å². The van der Waals surface area contributed by atoms with E-state index in [9.17, 15) is 10.1 Å². The van der Waals surface area contributed by atoms with Gasteiger partial charge in [-0.25, -0.2) is 0 Å². The second kappa shape index (κ2) is 3.62. The zero-order valence-electron chi connectivity index (χ0n) is 7.75. The first kappa shape index (κ1) is 9.54. The lowest BCUT2D eigenvalue weighted by Crippen LogP contribution is -1.94. The molecule has 0 atom stereocenters. The Labute approximate surface area is 85.1 Å². The molecule has 1 aromatic carbocycles. The van der Waals surface area contributed by atoms with Crippen molar-refractivity contribution >= 4 is 16.5 Å². The van der Waals surface area contributed by atoms with Crippen molar-refractivity contribution in [3.05, 3.63) is 46.3 Å². The number of aliphatic hydroxyl groups is 1. The van der Waals surface area contributed by atoms with Crippen LogP contribution in [0.15, 0.2) is 30.5 Å². The number of benzene rings is 1. The van der Waals surface area contributed by atoms with E-state index in [1.165, 1.54) is 12.3 Å². The molecule has 5 heteroatoms. The average molecular weight is 204 g/mol. The molecule has 0 unspecified atom stereocenters. The first-order valence-corrected chi connectivity index (χ1v) is 4.36. The largest absolute Gasteiger partial charge is 0.390 e. The monoisotopic (exact) mass is 204 g/mol. The van der Waals surface area contributed by atoms with Crippen molar-refractivity contribution in [3.63, 3.8) is 0 Å². The van der Waals surface area contributed by atoms with Gasteiger partial charge in [0.05, 0.1) is 22.6 Å². The third-order valence-electron chi connectivity index (χ3n) is 2.21. The van der Waals surface area contributed by atoms with Crippen LogP contribution in [0.2, 0.25) is 0 Å². The Bertz CT molecular complexity index is 525. The predicted molar refractivity (Wildman–Crippen MR) is 54.3 cm³/mol. The Balaban J connectivity index is 2.82. The molecule has 1 N–H and O–H groups in total. The average Bonchev–Trinajstić information content (AvgIpc) is 2.27. The van der Waals surface area contributed by atoms with E-state index in [1.54, 1.807) is 18.2 Å². The van der Waals surface area contributed by atoms with Crippen LogP contribution < -0.4 is 0 Å². The Kier molecular flexibility index (Phi) is 2.31. The van der Waals surface area contributed by atoms with Crippen molar-refractivity contribution in [2.24, 2.45) is 0 Å². The normalized spacial score (nSPS) is 10.5. The minimum atomic E-state index is -0.441. The molecule has 0 aliphatic carbocycles. The lowest BCUT2D eigenvalue weighted by molar-refractivity contribution is -0.383. The van der Waals surface area contributed by atoms with E-state index in [0.717, 1.165) is 0 Å². The fourth-order valence-electron chi connectivity index (χ4n) is 1.54. The predicted octanol–water partition coefficient (Wildman–Crippen LogP) is 1.64. The highest BCUT2D eigenvalue weighted by molar-refractivity contribution is 5.92.